The third kappa shape index (κ3) is 6.11. The SMILES string of the molecule is CSC(=Nc1cccc(OCCNC(C)=O)c1)NC#N. The molecule has 0 bridgehead atoms. The molecule has 0 fully saturated rings. The lowest BCUT2D eigenvalue weighted by Crippen LogP contribution is -2.25. The van der Waals surface area contributed by atoms with Crippen molar-refractivity contribution in [2.24, 2.45) is 4.99 Å². The van der Waals surface area contributed by atoms with Crippen LogP contribution in [0.1, 0.15) is 6.92 Å². The van der Waals surface area contributed by atoms with Crippen LogP contribution < -0.4 is 15.4 Å². The van der Waals surface area contributed by atoms with Crippen LogP contribution >= 0.6 is 11.8 Å². The predicted molar refractivity (Wildman–Crippen MR) is 80.0 cm³/mol. The molecule has 6 nitrogen and oxygen atoms in total. The van der Waals surface area contributed by atoms with Crippen LogP contribution in [0.25, 0.3) is 0 Å². The monoisotopic (exact) mass is 292 g/mol. The minimum atomic E-state index is -0.0841. The van der Waals surface area contributed by atoms with Crippen LogP contribution in [0.3, 0.4) is 0 Å². The van der Waals surface area contributed by atoms with E-state index in [1.807, 2.05) is 30.6 Å². The summed E-state index contributed by atoms with van der Waals surface area (Å²) in [6.07, 6.45) is 3.66. The third-order valence-electron chi connectivity index (χ3n) is 2.15. The molecule has 0 unspecified atom stereocenters. The third-order valence-corrected chi connectivity index (χ3v) is 2.73. The molecule has 0 saturated heterocycles. The molecule has 0 aromatic heterocycles. The Bertz CT molecular complexity index is 525. The number of hydrogen-bond acceptors (Lipinski definition) is 5. The van der Waals surface area contributed by atoms with Crippen molar-refractivity contribution in [2.75, 3.05) is 19.4 Å². The van der Waals surface area contributed by atoms with E-state index in [0.29, 0.717) is 29.8 Å². The topological polar surface area (TPSA) is 86.5 Å². The summed E-state index contributed by atoms with van der Waals surface area (Å²) in [5.41, 5.74) is 0.689. The smallest absolute Gasteiger partial charge is 0.216 e. The summed E-state index contributed by atoms with van der Waals surface area (Å²) in [5.74, 6) is 0.577. The van der Waals surface area contributed by atoms with Gasteiger partial charge in [-0.15, -0.1) is 0 Å². The normalized spacial score (nSPS) is 10.6. The Balaban J connectivity index is 2.61. The van der Waals surface area contributed by atoms with Crippen molar-refractivity contribution in [3.8, 4) is 11.9 Å². The highest BCUT2D eigenvalue weighted by Gasteiger charge is 1.99. The average molecular weight is 292 g/mol. The summed E-state index contributed by atoms with van der Waals surface area (Å²) in [6, 6.07) is 7.21. The van der Waals surface area contributed by atoms with E-state index in [2.05, 4.69) is 15.6 Å². The van der Waals surface area contributed by atoms with Gasteiger partial charge in [-0.25, -0.2) is 4.99 Å². The van der Waals surface area contributed by atoms with Gasteiger partial charge in [-0.1, -0.05) is 17.8 Å². The maximum atomic E-state index is 10.7. The summed E-state index contributed by atoms with van der Waals surface area (Å²) in [7, 11) is 0. The minimum Gasteiger partial charge on any atom is -0.492 e. The molecular weight excluding hydrogens is 276 g/mol. The number of nitriles is 1. The number of amidine groups is 1. The molecule has 0 aliphatic heterocycles. The van der Waals surface area contributed by atoms with Crippen LogP contribution in [0.5, 0.6) is 5.75 Å². The highest BCUT2D eigenvalue weighted by molar-refractivity contribution is 8.13. The Morgan fingerprint density at radius 2 is 2.35 bits per heavy atom. The van der Waals surface area contributed by atoms with Crippen LogP contribution in [0.15, 0.2) is 29.3 Å². The molecule has 0 aliphatic carbocycles. The Kier molecular flexibility index (Phi) is 7.00. The number of ether oxygens (including phenoxy) is 1. The lowest BCUT2D eigenvalue weighted by Gasteiger charge is -2.07. The van der Waals surface area contributed by atoms with Gasteiger partial charge in [0.1, 0.15) is 12.4 Å². The largest absolute Gasteiger partial charge is 0.492 e. The Labute approximate surface area is 122 Å². The molecule has 1 amide bonds. The number of aliphatic imine (C=N–C) groups is 1. The second-order valence-electron chi connectivity index (χ2n) is 3.69. The molecule has 0 saturated carbocycles. The zero-order valence-electron chi connectivity index (χ0n) is 11.3. The first kappa shape index (κ1) is 15.9. The number of nitrogens with one attached hydrogen (secondary N) is 2. The van der Waals surface area contributed by atoms with Gasteiger partial charge in [0.25, 0.3) is 0 Å². The van der Waals surface area contributed by atoms with E-state index in [1.165, 1.54) is 18.7 Å². The second kappa shape index (κ2) is 8.82. The Morgan fingerprint density at radius 3 is 3.00 bits per heavy atom. The van der Waals surface area contributed by atoms with E-state index in [-0.39, 0.29) is 5.91 Å². The van der Waals surface area contributed by atoms with E-state index in [9.17, 15) is 4.79 Å². The van der Waals surface area contributed by atoms with Gasteiger partial charge in [0, 0.05) is 13.0 Å². The fourth-order valence-electron chi connectivity index (χ4n) is 1.33. The van der Waals surface area contributed by atoms with Crippen LogP contribution in [0.2, 0.25) is 0 Å². The first-order chi connectivity index (χ1) is 9.65. The molecule has 20 heavy (non-hydrogen) atoms. The summed E-state index contributed by atoms with van der Waals surface area (Å²) in [4.78, 5) is 15.0. The number of carbonyl (C=O) groups excluding carboxylic acids is 1. The average Bonchev–Trinajstić information content (AvgIpc) is 2.43. The zero-order chi connectivity index (χ0) is 14.8. The maximum absolute atomic E-state index is 10.7. The van der Waals surface area contributed by atoms with Gasteiger partial charge < -0.3 is 10.1 Å². The van der Waals surface area contributed by atoms with Gasteiger partial charge in [0.15, 0.2) is 11.4 Å². The maximum Gasteiger partial charge on any atom is 0.216 e. The fraction of sp³-hybridized carbons (Fsp3) is 0.308. The van der Waals surface area contributed by atoms with Gasteiger partial charge >= 0.3 is 0 Å². The van der Waals surface area contributed by atoms with Crippen molar-refractivity contribution >= 4 is 28.5 Å². The van der Waals surface area contributed by atoms with Gasteiger partial charge in [-0.3, -0.25) is 10.1 Å². The van der Waals surface area contributed by atoms with Crippen molar-refractivity contribution in [1.82, 2.24) is 10.6 Å². The number of rotatable bonds is 5. The Hall–Kier alpha value is -2.20. The molecule has 106 valence electrons. The van der Waals surface area contributed by atoms with Gasteiger partial charge in [0.2, 0.25) is 5.91 Å². The quantitative estimate of drug-likeness (QED) is 0.283. The molecule has 0 aliphatic rings. The van der Waals surface area contributed by atoms with E-state index in [4.69, 9.17) is 10.00 Å². The highest BCUT2D eigenvalue weighted by atomic mass is 32.2. The molecule has 0 atom stereocenters. The molecule has 2 N–H and O–H groups in total. The summed E-state index contributed by atoms with van der Waals surface area (Å²) >= 11 is 1.35. The number of nitrogens with zero attached hydrogens (tertiary/aromatic N) is 2. The number of thioether (sulfide) groups is 1. The van der Waals surface area contributed by atoms with Crippen molar-refractivity contribution < 1.29 is 9.53 Å². The summed E-state index contributed by atoms with van der Waals surface area (Å²) in [5, 5.41) is 14.2. The van der Waals surface area contributed by atoms with Crippen LogP contribution in [0, 0.1) is 11.5 Å². The summed E-state index contributed by atoms with van der Waals surface area (Å²) in [6.45, 7) is 2.30. The minimum absolute atomic E-state index is 0.0841. The van der Waals surface area contributed by atoms with Crippen LogP contribution in [-0.2, 0) is 4.79 Å². The zero-order valence-corrected chi connectivity index (χ0v) is 12.2. The molecule has 0 spiro atoms. The van der Waals surface area contributed by atoms with Gasteiger partial charge in [-0.2, -0.15) is 5.26 Å². The number of benzene rings is 1. The predicted octanol–water partition coefficient (Wildman–Crippen LogP) is 1.62. The lowest BCUT2D eigenvalue weighted by atomic mass is 10.3. The van der Waals surface area contributed by atoms with E-state index in [1.54, 1.807) is 6.07 Å². The Morgan fingerprint density at radius 1 is 1.55 bits per heavy atom. The molecular formula is C13H16N4O2S. The standard InChI is InChI=1S/C13H16N4O2S/c1-10(18)15-6-7-19-12-5-3-4-11(8-12)17-13(20-2)16-9-14/h3-5,8H,6-7H2,1-2H3,(H,15,18)(H,16,17). The number of hydrogen-bond donors (Lipinski definition) is 2. The molecule has 0 radical (unpaired) electrons. The lowest BCUT2D eigenvalue weighted by molar-refractivity contribution is -0.119. The van der Waals surface area contributed by atoms with E-state index < -0.39 is 0 Å². The van der Waals surface area contributed by atoms with Crippen molar-refractivity contribution in [3.63, 3.8) is 0 Å². The molecule has 7 heteroatoms. The number of amides is 1. The van der Waals surface area contributed by atoms with E-state index >= 15 is 0 Å². The van der Waals surface area contributed by atoms with Gasteiger partial charge in [-0.05, 0) is 18.4 Å². The van der Waals surface area contributed by atoms with Crippen molar-refractivity contribution in [2.45, 2.75) is 6.92 Å². The summed E-state index contributed by atoms with van der Waals surface area (Å²) < 4.78 is 5.50. The first-order valence-corrected chi connectivity index (χ1v) is 7.13. The highest BCUT2D eigenvalue weighted by Crippen LogP contribution is 2.20. The molecule has 0 heterocycles. The molecule has 1 aromatic rings. The van der Waals surface area contributed by atoms with E-state index in [0.717, 1.165) is 0 Å². The second-order valence-corrected chi connectivity index (χ2v) is 4.48. The van der Waals surface area contributed by atoms with Crippen LogP contribution in [-0.4, -0.2) is 30.5 Å². The molecule has 1 aromatic carbocycles. The van der Waals surface area contributed by atoms with Crippen molar-refractivity contribution in [1.29, 1.82) is 5.26 Å². The first-order valence-electron chi connectivity index (χ1n) is 5.91. The van der Waals surface area contributed by atoms with Crippen molar-refractivity contribution in [3.05, 3.63) is 24.3 Å². The molecule has 1 rings (SSSR count). The number of carbonyl (C=O) groups is 1. The van der Waals surface area contributed by atoms with Crippen LogP contribution in [0.4, 0.5) is 5.69 Å². The van der Waals surface area contributed by atoms with Gasteiger partial charge in [0.05, 0.1) is 12.2 Å². The fourth-order valence-corrected chi connectivity index (χ4v) is 1.67.